The van der Waals surface area contributed by atoms with Crippen molar-refractivity contribution in [1.29, 1.82) is 0 Å². The van der Waals surface area contributed by atoms with Crippen LogP contribution >= 0.6 is 23.2 Å². The van der Waals surface area contributed by atoms with Crippen LogP contribution in [0.3, 0.4) is 0 Å². The molecule has 0 unspecified atom stereocenters. The van der Waals surface area contributed by atoms with Gasteiger partial charge in [-0.05, 0) is 23.8 Å². The Labute approximate surface area is 165 Å². The average molecular weight is 404 g/mol. The highest BCUT2D eigenvalue weighted by molar-refractivity contribution is 6.35. The van der Waals surface area contributed by atoms with Gasteiger partial charge in [0.1, 0.15) is 6.33 Å². The lowest BCUT2D eigenvalue weighted by atomic mass is 10.2. The first kappa shape index (κ1) is 18.9. The number of hydrogen-bond acceptors (Lipinski definition) is 6. The molecule has 138 valence electrons. The summed E-state index contributed by atoms with van der Waals surface area (Å²) in [5.74, 6) is 0.230. The van der Waals surface area contributed by atoms with Crippen LogP contribution in [0.15, 0.2) is 54.9 Å². The molecule has 1 N–H and O–H groups in total. The molecule has 1 heterocycles. The lowest BCUT2D eigenvalue weighted by Crippen LogP contribution is -2.20. The van der Waals surface area contributed by atoms with Gasteiger partial charge in [-0.3, -0.25) is 10.1 Å². The molecule has 0 amide bonds. The Hall–Kier alpha value is -2.90. The van der Waals surface area contributed by atoms with Gasteiger partial charge in [-0.15, -0.1) is 0 Å². The Balaban J connectivity index is 1.97. The van der Waals surface area contributed by atoms with Crippen molar-refractivity contribution in [3.63, 3.8) is 0 Å². The van der Waals surface area contributed by atoms with Crippen LogP contribution in [-0.2, 0) is 6.54 Å². The Kier molecular flexibility index (Phi) is 5.73. The minimum Gasteiger partial charge on any atom is -0.349 e. The third-order valence-corrected chi connectivity index (χ3v) is 4.36. The average Bonchev–Trinajstić information content (AvgIpc) is 2.65. The summed E-state index contributed by atoms with van der Waals surface area (Å²) >= 11 is 12.1. The summed E-state index contributed by atoms with van der Waals surface area (Å²) in [6, 6.07) is 14.4. The monoisotopic (exact) mass is 403 g/mol. The second kappa shape index (κ2) is 8.20. The highest BCUT2D eigenvalue weighted by atomic mass is 35.5. The van der Waals surface area contributed by atoms with Gasteiger partial charge in [0.2, 0.25) is 11.6 Å². The molecule has 0 aliphatic rings. The molecule has 0 fully saturated rings. The molecule has 0 atom stereocenters. The standard InChI is InChI=1S/C18H15Cl2N5O2/c1-24(10-12-5-3-2-4-6-12)18-16(25(26)27)17(21-11-22-18)23-15-9-13(19)7-8-14(15)20/h2-9,11H,10H2,1H3,(H,21,22,23). The number of halogens is 2. The molecule has 2 aromatic carbocycles. The van der Waals surface area contributed by atoms with E-state index in [1.807, 2.05) is 30.3 Å². The third-order valence-electron chi connectivity index (χ3n) is 3.79. The highest BCUT2D eigenvalue weighted by Gasteiger charge is 2.26. The maximum Gasteiger partial charge on any atom is 0.353 e. The van der Waals surface area contributed by atoms with E-state index >= 15 is 0 Å². The number of benzene rings is 2. The Morgan fingerprint density at radius 2 is 1.89 bits per heavy atom. The molecule has 3 rings (SSSR count). The van der Waals surface area contributed by atoms with E-state index in [0.717, 1.165) is 5.56 Å². The minimum atomic E-state index is -0.516. The Bertz CT molecular complexity index is 969. The largest absolute Gasteiger partial charge is 0.353 e. The zero-order valence-electron chi connectivity index (χ0n) is 14.3. The molecule has 0 spiro atoms. The number of nitrogens with one attached hydrogen (secondary N) is 1. The molecule has 7 nitrogen and oxygen atoms in total. The molecule has 0 radical (unpaired) electrons. The smallest absolute Gasteiger partial charge is 0.349 e. The predicted octanol–water partition coefficient (Wildman–Crippen LogP) is 5.07. The topological polar surface area (TPSA) is 84.2 Å². The zero-order valence-corrected chi connectivity index (χ0v) is 15.8. The highest BCUT2D eigenvalue weighted by Crippen LogP contribution is 2.36. The summed E-state index contributed by atoms with van der Waals surface area (Å²) in [6.07, 6.45) is 1.27. The molecule has 0 saturated carbocycles. The van der Waals surface area contributed by atoms with E-state index in [-0.39, 0.29) is 17.3 Å². The fourth-order valence-corrected chi connectivity index (χ4v) is 2.90. The van der Waals surface area contributed by atoms with Gasteiger partial charge in [-0.2, -0.15) is 0 Å². The first-order chi connectivity index (χ1) is 13.0. The van der Waals surface area contributed by atoms with Gasteiger partial charge in [0.15, 0.2) is 0 Å². The molecular weight excluding hydrogens is 389 g/mol. The van der Waals surface area contributed by atoms with E-state index in [1.54, 1.807) is 30.1 Å². The summed E-state index contributed by atoms with van der Waals surface area (Å²) in [6.45, 7) is 0.454. The summed E-state index contributed by atoms with van der Waals surface area (Å²) in [5, 5.41) is 15.4. The van der Waals surface area contributed by atoms with Crippen LogP contribution in [0.2, 0.25) is 10.0 Å². The SMILES string of the molecule is CN(Cc1ccccc1)c1ncnc(Nc2cc(Cl)ccc2Cl)c1[N+](=O)[O-]. The first-order valence-corrected chi connectivity index (χ1v) is 8.68. The van der Waals surface area contributed by atoms with Crippen molar-refractivity contribution in [3.8, 4) is 0 Å². The second-order valence-corrected chi connectivity index (χ2v) is 6.59. The molecule has 9 heteroatoms. The minimum absolute atomic E-state index is 0.0362. The van der Waals surface area contributed by atoms with Crippen molar-refractivity contribution < 1.29 is 4.92 Å². The lowest BCUT2D eigenvalue weighted by molar-refractivity contribution is -0.383. The molecule has 1 aromatic heterocycles. The summed E-state index contributed by atoms with van der Waals surface area (Å²) in [7, 11) is 1.73. The Morgan fingerprint density at radius 3 is 2.59 bits per heavy atom. The Morgan fingerprint density at radius 1 is 1.15 bits per heavy atom. The number of anilines is 3. The van der Waals surface area contributed by atoms with Gasteiger partial charge in [0.25, 0.3) is 0 Å². The van der Waals surface area contributed by atoms with Gasteiger partial charge >= 0.3 is 5.69 Å². The lowest BCUT2D eigenvalue weighted by Gasteiger charge is -2.19. The molecule has 3 aromatic rings. The van der Waals surface area contributed by atoms with E-state index in [0.29, 0.717) is 22.3 Å². The van der Waals surface area contributed by atoms with Crippen LogP contribution in [0.25, 0.3) is 0 Å². The molecule has 27 heavy (non-hydrogen) atoms. The van der Waals surface area contributed by atoms with Gasteiger partial charge in [-0.25, -0.2) is 9.97 Å². The summed E-state index contributed by atoms with van der Waals surface area (Å²) in [5.41, 5.74) is 1.18. The molecule has 0 saturated heterocycles. The van der Waals surface area contributed by atoms with Crippen LogP contribution < -0.4 is 10.2 Å². The number of hydrogen-bond donors (Lipinski definition) is 1. The van der Waals surface area contributed by atoms with Crippen LogP contribution in [0.5, 0.6) is 0 Å². The fourth-order valence-electron chi connectivity index (χ4n) is 2.56. The maximum absolute atomic E-state index is 11.7. The molecule has 0 aliphatic heterocycles. The van der Waals surface area contributed by atoms with Crippen LogP contribution in [0, 0.1) is 10.1 Å². The molecular formula is C18H15Cl2N5O2. The fraction of sp³-hybridized carbons (Fsp3) is 0.111. The van der Waals surface area contributed by atoms with Gasteiger partial charge < -0.3 is 10.2 Å². The van der Waals surface area contributed by atoms with Crippen molar-refractivity contribution in [3.05, 3.63) is 80.6 Å². The number of aromatic nitrogens is 2. The van der Waals surface area contributed by atoms with E-state index in [1.165, 1.54) is 6.33 Å². The quantitative estimate of drug-likeness (QED) is 0.456. The van der Waals surface area contributed by atoms with Crippen molar-refractivity contribution >= 4 is 46.2 Å². The summed E-state index contributed by atoms with van der Waals surface area (Å²) < 4.78 is 0. The van der Waals surface area contributed by atoms with Gasteiger partial charge in [0, 0.05) is 18.6 Å². The van der Waals surface area contributed by atoms with E-state index in [4.69, 9.17) is 23.2 Å². The van der Waals surface area contributed by atoms with Crippen LogP contribution in [0.4, 0.5) is 23.0 Å². The van der Waals surface area contributed by atoms with Gasteiger partial charge in [0.05, 0.1) is 15.6 Å². The van der Waals surface area contributed by atoms with Gasteiger partial charge in [-0.1, -0.05) is 53.5 Å². The van der Waals surface area contributed by atoms with E-state index in [9.17, 15) is 10.1 Å². The third kappa shape index (κ3) is 4.45. The maximum atomic E-state index is 11.7. The predicted molar refractivity (Wildman–Crippen MR) is 107 cm³/mol. The zero-order chi connectivity index (χ0) is 19.4. The van der Waals surface area contributed by atoms with Crippen LogP contribution in [0.1, 0.15) is 5.56 Å². The van der Waals surface area contributed by atoms with Crippen molar-refractivity contribution in [2.24, 2.45) is 0 Å². The second-order valence-electron chi connectivity index (χ2n) is 5.74. The van der Waals surface area contributed by atoms with Crippen molar-refractivity contribution in [1.82, 2.24) is 9.97 Å². The number of nitrogens with zero attached hydrogens (tertiary/aromatic N) is 4. The van der Waals surface area contributed by atoms with Crippen LogP contribution in [-0.4, -0.2) is 21.9 Å². The van der Waals surface area contributed by atoms with Crippen molar-refractivity contribution in [2.75, 3.05) is 17.3 Å². The normalized spacial score (nSPS) is 10.5. The summed E-state index contributed by atoms with van der Waals surface area (Å²) in [4.78, 5) is 21.1. The van der Waals surface area contributed by atoms with Crippen molar-refractivity contribution in [2.45, 2.75) is 6.54 Å². The molecule has 0 bridgehead atoms. The van der Waals surface area contributed by atoms with E-state index < -0.39 is 4.92 Å². The first-order valence-electron chi connectivity index (χ1n) is 7.92. The number of rotatable bonds is 6. The number of nitro groups is 1. The van der Waals surface area contributed by atoms with E-state index in [2.05, 4.69) is 15.3 Å². The molecule has 0 aliphatic carbocycles.